The van der Waals surface area contributed by atoms with Gasteiger partial charge in [-0.1, -0.05) is 39.0 Å². The average Bonchev–Trinajstić information content (AvgIpc) is 2.73. The molecule has 104 valence electrons. The molecule has 0 bridgehead atoms. The van der Waals surface area contributed by atoms with Crippen LogP contribution in [0.4, 0.5) is 0 Å². The first-order valence-electron chi connectivity index (χ1n) is 6.72. The maximum absolute atomic E-state index is 12.1. The number of fused-ring (bicyclic) bond motifs is 1. The maximum Gasteiger partial charge on any atom is 0.261 e. The zero-order chi connectivity index (χ0) is 14.0. The van der Waals surface area contributed by atoms with Crippen molar-refractivity contribution >= 4 is 5.91 Å². The van der Waals surface area contributed by atoms with Gasteiger partial charge in [0.15, 0.2) is 6.10 Å². The van der Waals surface area contributed by atoms with Crippen LogP contribution in [0.25, 0.3) is 0 Å². The lowest BCUT2D eigenvalue weighted by Crippen LogP contribution is -2.43. The van der Waals surface area contributed by atoms with Crippen LogP contribution in [0.1, 0.15) is 32.3 Å². The summed E-state index contributed by atoms with van der Waals surface area (Å²) in [5.41, 5.74) is 1.06. The van der Waals surface area contributed by atoms with Gasteiger partial charge >= 0.3 is 0 Å². The van der Waals surface area contributed by atoms with Crippen LogP contribution in [-0.4, -0.2) is 29.8 Å². The highest BCUT2D eigenvalue weighted by Crippen LogP contribution is 2.37. The lowest BCUT2D eigenvalue weighted by Gasteiger charge is -2.19. The molecule has 1 aliphatic heterocycles. The number of hydrogen-bond donors (Lipinski definition) is 2. The number of ether oxygens (including phenoxy) is 1. The summed E-state index contributed by atoms with van der Waals surface area (Å²) in [7, 11) is 0. The number of benzene rings is 1. The highest BCUT2D eigenvalue weighted by atomic mass is 16.5. The summed E-state index contributed by atoms with van der Waals surface area (Å²) < 4.78 is 5.68. The smallest absolute Gasteiger partial charge is 0.261 e. The summed E-state index contributed by atoms with van der Waals surface area (Å²) in [4.78, 5) is 12.1. The van der Waals surface area contributed by atoms with Crippen molar-refractivity contribution in [1.82, 2.24) is 5.32 Å². The van der Waals surface area contributed by atoms with Gasteiger partial charge in [-0.3, -0.25) is 4.79 Å². The van der Waals surface area contributed by atoms with Gasteiger partial charge in [0, 0.05) is 18.0 Å². The number of nitrogens with one attached hydrogen (secondary N) is 1. The summed E-state index contributed by atoms with van der Waals surface area (Å²) >= 11 is 0. The molecule has 3 unspecified atom stereocenters. The topological polar surface area (TPSA) is 58.6 Å². The van der Waals surface area contributed by atoms with Crippen molar-refractivity contribution in [2.24, 2.45) is 5.92 Å². The van der Waals surface area contributed by atoms with Crippen molar-refractivity contribution in [3.05, 3.63) is 29.8 Å². The van der Waals surface area contributed by atoms with E-state index < -0.39 is 12.2 Å². The molecule has 0 spiro atoms. The Morgan fingerprint density at radius 2 is 2.11 bits per heavy atom. The molecule has 2 N–H and O–H groups in total. The van der Waals surface area contributed by atoms with Gasteiger partial charge < -0.3 is 15.2 Å². The Morgan fingerprint density at radius 3 is 2.74 bits per heavy atom. The van der Waals surface area contributed by atoms with Crippen LogP contribution in [-0.2, 0) is 4.79 Å². The van der Waals surface area contributed by atoms with Gasteiger partial charge in [-0.2, -0.15) is 0 Å². The lowest BCUT2D eigenvalue weighted by atomic mass is 9.97. The number of carbonyl (C=O) groups is 1. The fraction of sp³-hybridized carbons (Fsp3) is 0.533. The molecule has 4 heteroatoms. The third-order valence-corrected chi connectivity index (χ3v) is 3.63. The second-order valence-electron chi connectivity index (χ2n) is 5.42. The van der Waals surface area contributed by atoms with Crippen LogP contribution >= 0.6 is 0 Å². The minimum absolute atomic E-state index is 0.0346. The van der Waals surface area contributed by atoms with Gasteiger partial charge in [-0.15, -0.1) is 0 Å². The molecule has 0 aliphatic carbocycles. The molecular formula is C15H21NO3. The van der Waals surface area contributed by atoms with Gasteiger partial charge in [0.2, 0.25) is 0 Å². The summed E-state index contributed by atoms with van der Waals surface area (Å²) in [5, 5.41) is 12.5. The molecule has 3 atom stereocenters. The lowest BCUT2D eigenvalue weighted by molar-refractivity contribution is -0.128. The Kier molecular flexibility index (Phi) is 4.10. The molecule has 1 heterocycles. The van der Waals surface area contributed by atoms with E-state index in [1.807, 2.05) is 45.0 Å². The number of para-hydroxylation sites is 1. The number of aliphatic hydroxyl groups is 1. The Morgan fingerprint density at radius 1 is 1.42 bits per heavy atom. The van der Waals surface area contributed by atoms with Crippen molar-refractivity contribution in [2.75, 3.05) is 6.54 Å². The molecule has 1 aromatic carbocycles. The molecule has 2 rings (SSSR count). The van der Waals surface area contributed by atoms with E-state index in [2.05, 4.69) is 5.32 Å². The predicted octanol–water partition coefficient (Wildman–Crippen LogP) is 1.68. The fourth-order valence-corrected chi connectivity index (χ4v) is 2.19. The normalized spacial score (nSPS) is 22.8. The van der Waals surface area contributed by atoms with E-state index in [0.29, 0.717) is 0 Å². The van der Waals surface area contributed by atoms with Crippen LogP contribution < -0.4 is 10.1 Å². The molecule has 1 amide bonds. The first kappa shape index (κ1) is 13.9. The van der Waals surface area contributed by atoms with E-state index in [4.69, 9.17) is 4.74 Å². The summed E-state index contributed by atoms with van der Waals surface area (Å²) in [6.07, 6.45) is -1.03. The van der Waals surface area contributed by atoms with E-state index in [0.717, 1.165) is 11.3 Å². The number of aliphatic hydroxyl groups excluding tert-OH is 1. The van der Waals surface area contributed by atoms with Crippen molar-refractivity contribution in [2.45, 2.75) is 38.9 Å². The molecule has 0 saturated carbocycles. The van der Waals surface area contributed by atoms with E-state index in [9.17, 15) is 9.90 Å². The van der Waals surface area contributed by atoms with Crippen LogP contribution in [0.5, 0.6) is 5.75 Å². The number of hydrogen-bond acceptors (Lipinski definition) is 3. The van der Waals surface area contributed by atoms with Gasteiger partial charge in [-0.25, -0.2) is 0 Å². The molecular weight excluding hydrogens is 242 g/mol. The van der Waals surface area contributed by atoms with E-state index in [1.54, 1.807) is 0 Å². The van der Waals surface area contributed by atoms with Gasteiger partial charge in [-0.05, 0) is 12.0 Å². The summed E-state index contributed by atoms with van der Waals surface area (Å²) in [5.74, 6) is 0.773. The molecule has 1 aromatic rings. The third-order valence-electron chi connectivity index (χ3n) is 3.63. The highest BCUT2D eigenvalue weighted by molar-refractivity contribution is 5.83. The first-order chi connectivity index (χ1) is 9.00. The fourth-order valence-electron chi connectivity index (χ4n) is 2.19. The molecule has 19 heavy (non-hydrogen) atoms. The molecule has 0 fully saturated rings. The molecule has 4 nitrogen and oxygen atoms in total. The van der Waals surface area contributed by atoms with Crippen LogP contribution in [0.15, 0.2) is 24.3 Å². The Hall–Kier alpha value is -1.55. The van der Waals surface area contributed by atoms with Crippen molar-refractivity contribution < 1.29 is 14.6 Å². The van der Waals surface area contributed by atoms with Crippen LogP contribution in [0.3, 0.4) is 0 Å². The minimum Gasteiger partial charge on any atom is -0.480 e. The SMILES string of the molecule is CC(C)C(O)CNC(=O)C1Oc2ccccc2C1C. The Labute approximate surface area is 113 Å². The quantitative estimate of drug-likeness (QED) is 0.869. The van der Waals surface area contributed by atoms with Crippen molar-refractivity contribution in [1.29, 1.82) is 0 Å². The largest absolute Gasteiger partial charge is 0.480 e. The molecule has 0 saturated heterocycles. The van der Waals surface area contributed by atoms with Gasteiger partial charge in [0.1, 0.15) is 5.75 Å². The van der Waals surface area contributed by atoms with Crippen LogP contribution in [0.2, 0.25) is 0 Å². The molecule has 0 aromatic heterocycles. The monoisotopic (exact) mass is 263 g/mol. The van der Waals surface area contributed by atoms with Crippen molar-refractivity contribution in [3.63, 3.8) is 0 Å². The Balaban J connectivity index is 1.96. The zero-order valence-electron chi connectivity index (χ0n) is 11.6. The van der Waals surface area contributed by atoms with Crippen molar-refractivity contribution in [3.8, 4) is 5.75 Å². The number of rotatable bonds is 4. The maximum atomic E-state index is 12.1. The van der Waals surface area contributed by atoms with Gasteiger partial charge in [0.25, 0.3) is 5.91 Å². The predicted molar refractivity (Wildman–Crippen MR) is 73.1 cm³/mol. The molecule has 1 aliphatic rings. The average molecular weight is 263 g/mol. The summed E-state index contributed by atoms with van der Waals surface area (Å²) in [6, 6.07) is 7.70. The summed E-state index contributed by atoms with van der Waals surface area (Å²) in [6.45, 7) is 6.08. The standard InChI is InChI=1S/C15H21NO3/c1-9(2)12(17)8-16-15(18)14-10(3)11-6-4-5-7-13(11)19-14/h4-7,9-10,12,14,17H,8H2,1-3H3,(H,16,18). The number of amides is 1. The molecule has 0 radical (unpaired) electrons. The second kappa shape index (κ2) is 5.61. The third kappa shape index (κ3) is 2.89. The minimum atomic E-state index is -0.525. The number of carbonyl (C=O) groups excluding carboxylic acids is 1. The van der Waals surface area contributed by atoms with E-state index >= 15 is 0 Å². The second-order valence-corrected chi connectivity index (χ2v) is 5.42. The van der Waals surface area contributed by atoms with E-state index in [-0.39, 0.29) is 24.3 Å². The van der Waals surface area contributed by atoms with Gasteiger partial charge in [0.05, 0.1) is 6.10 Å². The Bertz CT molecular complexity index is 458. The zero-order valence-corrected chi connectivity index (χ0v) is 11.6. The van der Waals surface area contributed by atoms with Crippen LogP contribution in [0, 0.1) is 5.92 Å². The highest BCUT2D eigenvalue weighted by Gasteiger charge is 2.36. The first-order valence-corrected chi connectivity index (χ1v) is 6.72. The van der Waals surface area contributed by atoms with E-state index in [1.165, 1.54) is 0 Å².